The monoisotopic (exact) mass is 243 g/mol. The molecule has 0 aliphatic heterocycles. The first-order chi connectivity index (χ1) is 8.21. The van der Waals surface area contributed by atoms with Gasteiger partial charge in [-0.3, -0.25) is 0 Å². The van der Waals surface area contributed by atoms with Crippen molar-refractivity contribution in [1.82, 2.24) is 5.32 Å². The van der Waals surface area contributed by atoms with Gasteiger partial charge in [-0.05, 0) is 31.6 Å². The summed E-state index contributed by atoms with van der Waals surface area (Å²) in [4.78, 5) is 0. The molecule has 0 amide bonds. The van der Waals surface area contributed by atoms with Gasteiger partial charge >= 0.3 is 0 Å². The molecular formula is C14H29NO2. The van der Waals surface area contributed by atoms with E-state index in [0.29, 0.717) is 18.1 Å². The van der Waals surface area contributed by atoms with Crippen LogP contribution >= 0.6 is 0 Å². The minimum absolute atomic E-state index is 0.190. The van der Waals surface area contributed by atoms with Gasteiger partial charge in [-0.15, -0.1) is 0 Å². The van der Waals surface area contributed by atoms with Gasteiger partial charge in [0.15, 0.2) is 0 Å². The van der Waals surface area contributed by atoms with Crippen molar-refractivity contribution in [2.75, 3.05) is 13.7 Å². The summed E-state index contributed by atoms with van der Waals surface area (Å²) in [6.07, 6.45) is 7.04. The summed E-state index contributed by atoms with van der Waals surface area (Å²) in [5.41, 5.74) is 0. The molecule has 3 nitrogen and oxygen atoms in total. The van der Waals surface area contributed by atoms with Crippen molar-refractivity contribution in [3.63, 3.8) is 0 Å². The van der Waals surface area contributed by atoms with E-state index in [0.717, 1.165) is 32.2 Å². The largest absolute Gasteiger partial charge is 0.392 e. The SMILES string of the molecule is CCC(CC)C(O)CNC1CCC(OC)CC1. The average molecular weight is 243 g/mol. The summed E-state index contributed by atoms with van der Waals surface area (Å²) < 4.78 is 5.36. The zero-order valence-electron chi connectivity index (χ0n) is 11.6. The van der Waals surface area contributed by atoms with Gasteiger partial charge in [0.2, 0.25) is 0 Å². The van der Waals surface area contributed by atoms with E-state index in [2.05, 4.69) is 19.2 Å². The fraction of sp³-hybridized carbons (Fsp3) is 1.00. The summed E-state index contributed by atoms with van der Waals surface area (Å²) in [5.74, 6) is 0.442. The van der Waals surface area contributed by atoms with Gasteiger partial charge in [0.05, 0.1) is 12.2 Å². The predicted molar refractivity (Wildman–Crippen MR) is 71.1 cm³/mol. The van der Waals surface area contributed by atoms with Gasteiger partial charge < -0.3 is 15.2 Å². The molecule has 1 atom stereocenters. The fourth-order valence-corrected chi connectivity index (χ4v) is 2.79. The van der Waals surface area contributed by atoms with E-state index in [1.165, 1.54) is 12.8 Å². The van der Waals surface area contributed by atoms with Crippen LogP contribution in [0.25, 0.3) is 0 Å². The zero-order valence-corrected chi connectivity index (χ0v) is 11.6. The molecule has 0 aromatic heterocycles. The standard InChI is InChI=1S/C14H29NO2/c1-4-11(5-2)14(16)10-15-12-6-8-13(17-3)9-7-12/h11-16H,4-10H2,1-3H3. The van der Waals surface area contributed by atoms with Crippen LogP contribution in [-0.4, -0.2) is 37.0 Å². The zero-order chi connectivity index (χ0) is 12.7. The normalized spacial score (nSPS) is 27.4. The van der Waals surface area contributed by atoms with Gasteiger partial charge in [0, 0.05) is 19.7 Å². The number of hydrogen-bond donors (Lipinski definition) is 2. The molecule has 2 N–H and O–H groups in total. The molecule has 1 aliphatic rings. The van der Waals surface area contributed by atoms with Crippen LogP contribution in [0.4, 0.5) is 0 Å². The van der Waals surface area contributed by atoms with Gasteiger partial charge in [0.25, 0.3) is 0 Å². The number of rotatable bonds is 7. The molecule has 3 heteroatoms. The maximum Gasteiger partial charge on any atom is 0.0692 e. The Morgan fingerprint density at radius 2 is 1.76 bits per heavy atom. The summed E-state index contributed by atoms with van der Waals surface area (Å²) in [5, 5.41) is 13.6. The van der Waals surface area contributed by atoms with Gasteiger partial charge in [-0.2, -0.15) is 0 Å². The molecule has 1 fully saturated rings. The lowest BCUT2D eigenvalue weighted by Gasteiger charge is -2.30. The molecule has 1 unspecified atom stereocenters. The molecule has 0 radical (unpaired) electrons. The van der Waals surface area contributed by atoms with E-state index in [4.69, 9.17) is 4.74 Å². The second kappa shape index (κ2) is 8.06. The van der Waals surface area contributed by atoms with Crippen molar-refractivity contribution in [1.29, 1.82) is 0 Å². The molecular weight excluding hydrogens is 214 g/mol. The number of ether oxygens (including phenoxy) is 1. The topological polar surface area (TPSA) is 41.5 Å². The van der Waals surface area contributed by atoms with E-state index in [9.17, 15) is 5.11 Å². The maximum atomic E-state index is 10.1. The molecule has 0 aromatic rings. The van der Waals surface area contributed by atoms with E-state index < -0.39 is 0 Å². The minimum atomic E-state index is -0.190. The second-order valence-corrected chi connectivity index (χ2v) is 5.26. The third kappa shape index (κ3) is 4.94. The van der Waals surface area contributed by atoms with Gasteiger partial charge in [-0.1, -0.05) is 26.7 Å². The lowest BCUT2D eigenvalue weighted by Crippen LogP contribution is -2.41. The van der Waals surface area contributed by atoms with Crippen molar-refractivity contribution in [2.24, 2.45) is 5.92 Å². The molecule has 1 saturated carbocycles. The van der Waals surface area contributed by atoms with Crippen LogP contribution in [0.3, 0.4) is 0 Å². The first-order valence-electron chi connectivity index (χ1n) is 7.15. The number of aliphatic hydroxyl groups excluding tert-OH is 1. The number of methoxy groups -OCH3 is 1. The Hall–Kier alpha value is -0.120. The van der Waals surface area contributed by atoms with Crippen molar-refractivity contribution >= 4 is 0 Å². The van der Waals surface area contributed by atoms with Crippen LogP contribution < -0.4 is 5.32 Å². The Balaban J connectivity index is 2.18. The highest BCUT2D eigenvalue weighted by Gasteiger charge is 2.22. The van der Waals surface area contributed by atoms with Crippen LogP contribution in [0.2, 0.25) is 0 Å². The Bertz CT molecular complexity index is 187. The van der Waals surface area contributed by atoms with Crippen LogP contribution in [0, 0.1) is 5.92 Å². The third-order valence-electron chi connectivity index (χ3n) is 4.22. The van der Waals surface area contributed by atoms with Gasteiger partial charge in [0.1, 0.15) is 0 Å². The highest BCUT2D eigenvalue weighted by molar-refractivity contribution is 4.79. The smallest absolute Gasteiger partial charge is 0.0692 e. The molecule has 102 valence electrons. The first-order valence-corrected chi connectivity index (χ1v) is 7.15. The summed E-state index contributed by atoms with van der Waals surface area (Å²) in [6, 6.07) is 0.574. The molecule has 1 rings (SSSR count). The van der Waals surface area contributed by atoms with Crippen LogP contribution in [-0.2, 0) is 4.74 Å². The Kier molecular flexibility index (Phi) is 7.09. The van der Waals surface area contributed by atoms with Crippen LogP contribution in [0.1, 0.15) is 52.4 Å². The second-order valence-electron chi connectivity index (χ2n) is 5.26. The molecule has 0 bridgehead atoms. The summed E-state index contributed by atoms with van der Waals surface area (Å²) >= 11 is 0. The predicted octanol–water partition coefficient (Wildman–Crippen LogP) is 2.33. The van der Waals surface area contributed by atoms with E-state index in [1.54, 1.807) is 7.11 Å². The molecule has 1 aliphatic carbocycles. The molecule has 0 aromatic carbocycles. The van der Waals surface area contributed by atoms with Crippen molar-refractivity contribution < 1.29 is 9.84 Å². The molecule has 0 heterocycles. The highest BCUT2D eigenvalue weighted by Crippen LogP contribution is 2.21. The average Bonchev–Trinajstić information content (AvgIpc) is 2.38. The maximum absolute atomic E-state index is 10.1. The van der Waals surface area contributed by atoms with E-state index in [-0.39, 0.29) is 6.10 Å². The Morgan fingerprint density at radius 3 is 2.24 bits per heavy atom. The summed E-state index contributed by atoms with van der Waals surface area (Å²) in [7, 11) is 1.80. The first kappa shape index (κ1) is 14.9. The van der Waals surface area contributed by atoms with Crippen LogP contribution in [0.5, 0.6) is 0 Å². The lowest BCUT2D eigenvalue weighted by molar-refractivity contribution is 0.0564. The third-order valence-corrected chi connectivity index (χ3v) is 4.22. The van der Waals surface area contributed by atoms with E-state index in [1.807, 2.05) is 0 Å². The molecule has 17 heavy (non-hydrogen) atoms. The van der Waals surface area contributed by atoms with Gasteiger partial charge in [-0.25, -0.2) is 0 Å². The molecule has 0 saturated heterocycles. The number of aliphatic hydroxyl groups is 1. The molecule has 0 spiro atoms. The fourth-order valence-electron chi connectivity index (χ4n) is 2.79. The van der Waals surface area contributed by atoms with Crippen molar-refractivity contribution in [3.05, 3.63) is 0 Å². The highest BCUT2D eigenvalue weighted by atomic mass is 16.5. The minimum Gasteiger partial charge on any atom is -0.392 e. The van der Waals surface area contributed by atoms with Crippen LogP contribution in [0.15, 0.2) is 0 Å². The summed E-state index contributed by atoms with van der Waals surface area (Å²) in [6.45, 7) is 5.05. The lowest BCUT2D eigenvalue weighted by atomic mass is 9.92. The van der Waals surface area contributed by atoms with Crippen molar-refractivity contribution in [3.8, 4) is 0 Å². The Morgan fingerprint density at radius 1 is 1.18 bits per heavy atom. The number of nitrogens with one attached hydrogen (secondary N) is 1. The Labute approximate surface area is 106 Å². The van der Waals surface area contributed by atoms with Crippen molar-refractivity contribution in [2.45, 2.75) is 70.6 Å². The number of hydrogen-bond acceptors (Lipinski definition) is 3. The van der Waals surface area contributed by atoms with E-state index >= 15 is 0 Å². The quantitative estimate of drug-likeness (QED) is 0.721.